The maximum atomic E-state index is 13.0. The Kier molecular flexibility index (Phi) is 6.55. The lowest BCUT2D eigenvalue weighted by Gasteiger charge is -2.11. The highest BCUT2D eigenvalue weighted by molar-refractivity contribution is 7.89. The van der Waals surface area contributed by atoms with E-state index in [-0.39, 0.29) is 16.5 Å². The second-order valence-corrected chi connectivity index (χ2v) is 9.66. The van der Waals surface area contributed by atoms with E-state index in [4.69, 9.17) is 16.3 Å². The van der Waals surface area contributed by atoms with Gasteiger partial charge in [-0.3, -0.25) is 0 Å². The molecule has 1 heterocycles. The minimum atomic E-state index is -3.78. The van der Waals surface area contributed by atoms with Crippen molar-refractivity contribution in [1.82, 2.24) is 9.71 Å². The zero-order valence-electron chi connectivity index (χ0n) is 18.0. The molecule has 0 bridgehead atoms. The average molecular weight is 469 g/mol. The summed E-state index contributed by atoms with van der Waals surface area (Å²) >= 11 is 6.31. The number of aromatic nitrogens is 1. The van der Waals surface area contributed by atoms with Gasteiger partial charge in [-0.1, -0.05) is 54.9 Å². The molecule has 0 aliphatic carbocycles. The lowest BCUT2D eigenvalue weighted by Crippen LogP contribution is -2.26. The number of nitrogens with one attached hydrogen (secondary N) is 2. The number of aryl methyl sites for hydroxylation is 1. The fraction of sp³-hybridized carbons (Fsp3) is 0.200. The van der Waals surface area contributed by atoms with Crippen molar-refractivity contribution in [2.75, 3.05) is 13.7 Å². The van der Waals surface area contributed by atoms with Crippen LogP contribution in [0.3, 0.4) is 0 Å². The number of methoxy groups -OCH3 is 1. The first-order valence-electron chi connectivity index (χ1n) is 10.4. The first kappa shape index (κ1) is 22.4. The number of sulfonamides is 1. The van der Waals surface area contributed by atoms with E-state index in [1.807, 2.05) is 48.5 Å². The molecule has 4 rings (SSSR count). The van der Waals surface area contributed by atoms with Gasteiger partial charge in [0.05, 0.1) is 12.1 Å². The Hall–Kier alpha value is -2.80. The zero-order chi connectivity index (χ0) is 22.7. The van der Waals surface area contributed by atoms with Gasteiger partial charge >= 0.3 is 0 Å². The molecular weight excluding hydrogens is 444 g/mol. The summed E-state index contributed by atoms with van der Waals surface area (Å²) in [6, 6.07) is 20.8. The number of hydrogen-bond donors (Lipinski definition) is 2. The number of ether oxygens (including phenoxy) is 1. The third-order valence-corrected chi connectivity index (χ3v) is 7.46. The Labute approximate surface area is 193 Å². The van der Waals surface area contributed by atoms with Gasteiger partial charge in [0.25, 0.3) is 0 Å². The second kappa shape index (κ2) is 9.36. The van der Waals surface area contributed by atoms with Crippen molar-refractivity contribution in [3.05, 3.63) is 82.9 Å². The van der Waals surface area contributed by atoms with E-state index in [2.05, 4.69) is 22.7 Å². The van der Waals surface area contributed by atoms with Gasteiger partial charge in [0.15, 0.2) is 0 Å². The second-order valence-electron chi connectivity index (χ2n) is 7.52. The Morgan fingerprint density at radius 3 is 2.62 bits per heavy atom. The van der Waals surface area contributed by atoms with Gasteiger partial charge in [-0.25, -0.2) is 13.1 Å². The number of aromatic amines is 1. The fourth-order valence-corrected chi connectivity index (χ4v) is 5.47. The highest BCUT2D eigenvalue weighted by atomic mass is 35.5. The molecule has 1 aromatic heterocycles. The predicted molar refractivity (Wildman–Crippen MR) is 130 cm³/mol. The van der Waals surface area contributed by atoms with Crippen LogP contribution in [-0.2, 0) is 22.9 Å². The van der Waals surface area contributed by atoms with Gasteiger partial charge in [-0.2, -0.15) is 0 Å². The molecule has 7 heteroatoms. The number of hydrogen-bond acceptors (Lipinski definition) is 3. The van der Waals surface area contributed by atoms with Crippen LogP contribution < -0.4 is 9.46 Å². The first-order chi connectivity index (χ1) is 15.4. The maximum absolute atomic E-state index is 13.0. The van der Waals surface area contributed by atoms with Crippen LogP contribution >= 0.6 is 11.6 Å². The van der Waals surface area contributed by atoms with Crippen LogP contribution in [0.4, 0.5) is 0 Å². The van der Waals surface area contributed by atoms with Crippen molar-refractivity contribution in [3.8, 4) is 17.0 Å². The van der Waals surface area contributed by atoms with E-state index in [1.165, 1.54) is 0 Å². The normalized spacial score (nSPS) is 11.7. The molecule has 0 saturated carbocycles. The number of benzene rings is 3. The summed E-state index contributed by atoms with van der Waals surface area (Å²) in [5, 5.41) is 1.33. The van der Waals surface area contributed by atoms with Gasteiger partial charge in [0.2, 0.25) is 10.0 Å². The van der Waals surface area contributed by atoms with Crippen LogP contribution in [0.2, 0.25) is 5.02 Å². The molecule has 0 amide bonds. The molecule has 166 valence electrons. The van der Waals surface area contributed by atoms with E-state index in [1.54, 1.807) is 19.2 Å². The van der Waals surface area contributed by atoms with Gasteiger partial charge in [0, 0.05) is 23.1 Å². The molecular formula is C25H25ClN2O3S. The smallest absolute Gasteiger partial charge is 0.242 e. The number of para-hydroxylation sites is 1. The van der Waals surface area contributed by atoms with Crippen molar-refractivity contribution in [1.29, 1.82) is 0 Å². The lowest BCUT2D eigenvalue weighted by atomic mass is 10.0. The van der Waals surface area contributed by atoms with E-state index >= 15 is 0 Å². The third-order valence-electron chi connectivity index (χ3n) is 5.52. The summed E-state index contributed by atoms with van der Waals surface area (Å²) in [5.74, 6) is 0.742. The van der Waals surface area contributed by atoms with Crippen molar-refractivity contribution in [2.45, 2.75) is 24.7 Å². The number of H-pyrrole nitrogens is 1. The Balaban J connectivity index is 1.61. The largest absolute Gasteiger partial charge is 0.497 e. The predicted octanol–water partition coefficient (Wildman–Crippen LogP) is 5.58. The molecule has 32 heavy (non-hydrogen) atoms. The van der Waals surface area contributed by atoms with Crippen molar-refractivity contribution in [3.63, 3.8) is 0 Å². The number of halogens is 1. The van der Waals surface area contributed by atoms with E-state index in [0.717, 1.165) is 45.5 Å². The molecule has 0 aliphatic rings. The van der Waals surface area contributed by atoms with E-state index < -0.39 is 10.0 Å². The first-order valence-corrected chi connectivity index (χ1v) is 12.3. The number of rotatable bonds is 8. The molecule has 0 spiro atoms. The van der Waals surface area contributed by atoms with Crippen LogP contribution in [0.25, 0.3) is 22.2 Å². The molecule has 0 aliphatic heterocycles. The molecule has 2 N–H and O–H groups in total. The molecule has 0 unspecified atom stereocenters. The number of fused-ring (bicyclic) bond motifs is 1. The van der Waals surface area contributed by atoms with Crippen molar-refractivity contribution < 1.29 is 13.2 Å². The van der Waals surface area contributed by atoms with Gasteiger partial charge in [-0.05, 0) is 59.9 Å². The maximum Gasteiger partial charge on any atom is 0.242 e. The standard InChI is InChI=1S/C25H25ClN2O3S/c1-3-20-21-9-4-5-10-23(21)28-25(20)18-11-12-22(26)24(16-18)32(29,30)27-14-13-17-7-6-8-19(15-17)31-2/h4-12,15-16,27-28H,3,13-14H2,1-2H3. The van der Waals surface area contributed by atoms with Crippen molar-refractivity contribution in [2.24, 2.45) is 0 Å². The van der Waals surface area contributed by atoms with Crippen LogP contribution in [-0.4, -0.2) is 27.1 Å². The zero-order valence-corrected chi connectivity index (χ0v) is 19.6. The minimum absolute atomic E-state index is 0.0722. The van der Waals surface area contributed by atoms with Crippen LogP contribution in [0.5, 0.6) is 5.75 Å². The van der Waals surface area contributed by atoms with E-state index in [0.29, 0.717) is 6.42 Å². The Morgan fingerprint density at radius 2 is 1.84 bits per heavy atom. The summed E-state index contributed by atoms with van der Waals surface area (Å²) in [6.45, 7) is 2.34. The lowest BCUT2D eigenvalue weighted by molar-refractivity contribution is 0.414. The highest BCUT2D eigenvalue weighted by Crippen LogP contribution is 2.33. The van der Waals surface area contributed by atoms with Gasteiger partial charge in [0.1, 0.15) is 10.6 Å². The average Bonchev–Trinajstić information content (AvgIpc) is 3.18. The Bertz CT molecular complexity index is 1360. The molecule has 0 saturated heterocycles. The molecule has 4 aromatic rings. The molecule has 0 atom stereocenters. The van der Waals surface area contributed by atoms with Crippen LogP contribution in [0.1, 0.15) is 18.1 Å². The van der Waals surface area contributed by atoms with Gasteiger partial charge < -0.3 is 9.72 Å². The molecule has 0 radical (unpaired) electrons. The summed E-state index contributed by atoms with van der Waals surface area (Å²) in [7, 11) is -2.18. The summed E-state index contributed by atoms with van der Waals surface area (Å²) < 4.78 is 34.0. The quantitative estimate of drug-likeness (QED) is 0.354. The van der Waals surface area contributed by atoms with Gasteiger partial charge in [-0.15, -0.1) is 0 Å². The van der Waals surface area contributed by atoms with Crippen LogP contribution in [0, 0.1) is 0 Å². The summed E-state index contributed by atoms with van der Waals surface area (Å²) in [5.41, 5.74) is 4.86. The highest BCUT2D eigenvalue weighted by Gasteiger charge is 2.20. The minimum Gasteiger partial charge on any atom is -0.497 e. The van der Waals surface area contributed by atoms with Crippen LogP contribution in [0.15, 0.2) is 71.6 Å². The molecule has 5 nitrogen and oxygen atoms in total. The van der Waals surface area contributed by atoms with E-state index in [9.17, 15) is 8.42 Å². The molecule has 3 aromatic carbocycles. The fourth-order valence-electron chi connectivity index (χ4n) is 3.91. The monoisotopic (exact) mass is 468 g/mol. The summed E-state index contributed by atoms with van der Waals surface area (Å²) in [6.07, 6.45) is 1.36. The third kappa shape index (κ3) is 4.53. The summed E-state index contributed by atoms with van der Waals surface area (Å²) in [4.78, 5) is 3.51. The van der Waals surface area contributed by atoms with Crippen molar-refractivity contribution >= 4 is 32.5 Å². The topological polar surface area (TPSA) is 71.2 Å². The molecule has 0 fully saturated rings. The SMILES string of the molecule is CCc1c(-c2ccc(Cl)c(S(=O)(=O)NCCc3cccc(OC)c3)c2)[nH]c2ccccc12. The Morgan fingerprint density at radius 1 is 1.03 bits per heavy atom.